The second-order valence-corrected chi connectivity index (χ2v) is 10.4. The van der Waals surface area contributed by atoms with Gasteiger partial charge in [0.25, 0.3) is 0 Å². The molecule has 202 valence electrons. The Bertz CT molecular complexity index is 1130. The van der Waals surface area contributed by atoms with Crippen molar-refractivity contribution in [2.24, 2.45) is 11.7 Å². The van der Waals surface area contributed by atoms with Crippen molar-refractivity contribution in [3.8, 4) is 0 Å². The smallest absolute Gasteiger partial charge is 0.370 e. The summed E-state index contributed by atoms with van der Waals surface area (Å²) in [6.45, 7) is 2.85. The van der Waals surface area contributed by atoms with Crippen LogP contribution in [-0.2, 0) is 28.5 Å². The highest BCUT2D eigenvalue weighted by Crippen LogP contribution is 2.52. The maximum absolute atomic E-state index is 13.7. The van der Waals surface area contributed by atoms with Crippen LogP contribution in [0.2, 0.25) is 0 Å². The lowest BCUT2D eigenvalue weighted by Crippen LogP contribution is -2.43. The number of carbonyl (C=O) groups excluding carboxylic acids is 1. The first kappa shape index (κ1) is 27.4. The van der Waals surface area contributed by atoms with Gasteiger partial charge in [0.15, 0.2) is 0 Å². The average molecular weight is 533 g/mol. The molecule has 0 radical (unpaired) electrons. The number of halogens is 7. The third kappa shape index (κ3) is 5.62. The van der Waals surface area contributed by atoms with Crippen molar-refractivity contribution in [2.75, 3.05) is 0 Å². The zero-order valence-corrected chi connectivity index (χ0v) is 20.1. The van der Waals surface area contributed by atoms with Crippen LogP contribution in [0.1, 0.15) is 61.3 Å². The summed E-state index contributed by atoms with van der Waals surface area (Å²) in [5, 5.41) is 2.91. The molecule has 2 aromatic carbocycles. The van der Waals surface area contributed by atoms with Crippen LogP contribution in [0, 0.1) is 11.7 Å². The second-order valence-electron chi connectivity index (χ2n) is 10.4. The molecule has 1 aliphatic carbocycles. The van der Waals surface area contributed by atoms with Crippen LogP contribution in [0.15, 0.2) is 42.5 Å². The van der Waals surface area contributed by atoms with Gasteiger partial charge in [0, 0.05) is 12.0 Å². The summed E-state index contributed by atoms with van der Waals surface area (Å²) in [5.74, 6) is -1.40. The van der Waals surface area contributed by atoms with Crippen molar-refractivity contribution < 1.29 is 40.3 Å². The van der Waals surface area contributed by atoms with E-state index in [1.54, 1.807) is 26.0 Å². The molecule has 0 spiro atoms. The maximum Gasteiger partial charge on any atom is 0.416 e. The molecule has 1 saturated carbocycles. The van der Waals surface area contributed by atoms with Gasteiger partial charge in [0.2, 0.25) is 5.91 Å². The molecule has 37 heavy (non-hydrogen) atoms. The van der Waals surface area contributed by atoms with E-state index in [9.17, 15) is 35.5 Å². The molecule has 1 heterocycles. The number of alkyl halides is 6. The van der Waals surface area contributed by atoms with E-state index in [2.05, 4.69) is 5.32 Å². The van der Waals surface area contributed by atoms with Gasteiger partial charge in [0.05, 0.1) is 28.9 Å². The highest BCUT2D eigenvalue weighted by Gasteiger charge is 2.53. The number of nitrogens with two attached hydrogens (primary N) is 1. The topological polar surface area (TPSA) is 64.3 Å². The Balaban J connectivity index is 1.66. The number of nitrogens with one attached hydrogen (secondary N) is 1. The maximum atomic E-state index is 13.7. The van der Waals surface area contributed by atoms with Crippen molar-refractivity contribution in [3.05, 3.63) is 70.5 Å². The summed E-state index contributed by atoms with van der Waals surface area (Å²) in [6.07, 6.45) is -8.63. The average Bonchev–Trinajstić information content (AvgIpc) is 3.27. The van der Waals surface area contributed by atoms with Crippen LogP contribution in [0.4, 0.5) is 30.7 Å². The standard InChI is InChI=1S/C26H27F7N2O2/c1-23(34)12-20(35-22(23)36)19-7-8-24(2,21(19)15-3-5-18(27)6-4-15)37-13-14-9-16(25(28,29)30)11-17(10-14)26(31,32)33/h3-6,9-11,19-21H,7-8,12-13,34H2,1-2H3,(H,35,36)/t19-,20-,21?,23+,24+/m0/s1. The number of hydrogen-bond donors (Lipinski definition) is 2. The van der Waals surface area contributed by atoms with E-state index in [0.29, 0.717) is 37.0 Å². The molecule has 2 aromatic rings. The van der Waals surface area contributed by atoms with Gasteiger partial charge in [-0.25, -0.2) is 4.39 Å². The molecule has 4 rings (SSSR count). The van der Waals surface area contributed by atoms with Crippen molar-refractivity contribution in [2.45, 2.75) is 75.2 Å². The molecule has 11 heteroatoms. The first-order chi connectivity index (χ1) is 17.0. The van der Waals surface area contributed by atoms with Crippen LogP contribution < -0.4 is 11.1 Å². The summed E-state index contributed by atoms with van der Waals surface area (Å²) < 4.78 is 99.6. The van der Waals surface area contributed by atoms with Crippen LogP contribution in [0.3, 0.4) is 0 Å². The summed E-state index contributed by atoms with van der Waals surface area (Å²) in [7, 11) is 0. The lowest BCUT2D eigenvalue weighted by atomic mass is 9.76. The van der Waals surface area contributed by atoms with E-state index in [1.165, 1.54) is 12.1 Å². The Morgan fingerprint density at radius 3 is 2.05 bits per heavy atom. The van der Waals surface area contributed by atoms with Crippen molar-refractivity contribution in [1.82, 2.24) is 5.32 Å². The molecule has 1 unspecified atom stereocenters. The lowest BCUT2D eigenvalue weighted by molar-refractivity contribution is -0.143. The van der Waals surface area contributed by atoms with E-state index in [4.69, 9.17) is 10.5 Å². The molecular formula is C26H27F7N2O2. The van der Waals surface area contributed by atoms with Crippen molar-refractivity contribution >= 4 is 5.91 Å². The summed E-state index contributed by atoms with van der Waals surface area (Å²) in [4.78, 5) is 12.3. The molecule has 1 aliphatic heterocycles. The Hall–Kier alpha value is -2.66. The van der Waals surface area contributed by atoms with E-state index < -0.39 is 53.0 Å². The summed E-state index contributed by atoms with van der Waals surface area (Å²) >= 11 is 0. The normalized spacial score (nSPS) is 30.5. The molecule has 0 aromatic heterocycles. The van der Waals surface area contributed by atoms with Gasteiger partial charge >= 0.3 is 12.4 Å². The molecule has 2 aliphatic rings. The van der Waals surface area contributed by atoms with Gasteiger partial charge < -0.3 is 15.8 Å². The number of rotatable bonds is 5. The highest BCUT2D eigenvalue weighted by atomic mass is 19.4. The number of carbonyl (C=O) groups is 1. The van der Waals surface area contributed by atoms with E-state index in [-0.39, 0.29) is 29.5 Å². The minimum Gasteiger partial charge on any atom is -0.370 e. The van der Waals surface area contributed by atoms with Gasteiger partial charge in [-0.3, -0.25) is 4.79 Å². The predicted molar refractivity (Wildman–Crippen MR) is 121 cm³/mol. The Morgan fingerprint density at radius 1 is 1.00 bits per heavy atom. The minimum absolute atomic E-state index is 0.0741. The van der Waals surface area contributed by atoms with Crippen LogP contribution in [-0.4, -0.2) is 23.1 Å². The number of benzene rings is 2. The Kier molecular flexibility index (Phi) is 6.86. The fourth-order valence-electron chi connectivity index (χ4n) is 5.64. The van der Waals surface area contributed by atoms with E-state index >= 15 is 0 Å². The van der Waals surface area contributed by atoms with E-state index in [0.717, 1.165) is 0 Å². The van der Waals surface area contributed by atoms with Gasteiger partial charge in [-0.2, -0.15) is 26.3 Å². The first-order valence-electron chi connectivity index (χ1n) is 11.8. The van der Waals surface area contributed by atoms with E-state index in [1.807, 2.05) is 0 Å². The fraction of sp³-hybridized carbons (Fsp3) is 0.500. The van der Waals surface area contributed by atoms with Crippen LogP contribution in [0.5, 0.6) is 0 Å². The third-order valence-corrected chi connectivity index (χ3v) is 7.50. The molecule has 4 nitrogen and oxygen atoms in total. The number of ether oxygens (including phenoxy) is 1. The van der Waals surface area contributed by atoms with Gasteiger partial charge in [-0.15, -0.1) is 0 Å². The monoisotopic (exact) mass is 532 g/mol. The Labute approximate surface area is 209 Å². The molecule has 1 saturated heterocycles. The SMILES string of the molecule is C[C@@]1(OCc2cc(C(F)(F)F)cc(C(F)(F)F)c2)CC[C@@H]([C@@H]2C[C@@](C)(N)C(=O)N2)C1c1ccc(F)cc1. The van der Waals surface area contributed by atoms with Crippen molar-refractivity contribution in [3.63, 3.8) is 0 Å². The second kappa shape index (κ2) is 9.27. The van der Waals surface area contributed by atoms with Crippen molar-refractivity contribution in [1.29, 1.82) is 0 Å². The largest absolute Gasteiger partial charge is 0.416 e. The van der Waals surface area contributed by atoms with Crippen LogP contribution >= 0.6 is 0 Å². The highest BCUT2D eigenvalue weighted by molar-refractivity contribution is 5.88. The third-order valence-electron chi connectivity index (χ3n) is 7.50. The fourth-order valence-corrected chi connectivity index (χ4v) is 5.64. The van der Waals surface area contributed by atoms with Gasteiger partial charge in [-0.1, -0.05) is 12.1 Å². The molecule has 5 atom stereocenters. The molecule has 1 amide bonds. The number of amides is 1. The predicted octanol–water partition coefficient (Wildman–Crippen LogP) is 5.94. The summed E-state index contributed by atoms with van der Waals surface area (Å²) in [5.41, 5.74) is 1.59. The summed E-state index contributed by atoms with van der Waals surface area (Å²) in [6, 6.07) is 6.74. The lowest BCUT2D eigenvalue weighted by Gasteiger charge is -2.37. The zero-order chi connectivity index (χ0) is 27.4. The molecule has 3 N–H and O–H groups in total. The zero-order valence-electron chi connectivity index (χ0n) is 20.1. The Morgan fingerprint density at radius 2 is 1.57 bits per heavy atom. The number of hydrogen-bond acceptors (Lipinski definition) is 3. The molecular weight excluding hydrogens is 505 g/mol. The van der Waals surface area contributed by atoms with Gasteiger partial charge in [-0.05, 0) is 80.5 Å². The first-order valence-corrected chi connectivity index (χ1v) is 11.8. The minimum atomic E-state index is -4.97. The molecule has 2 fully saturated rings. The van der Waals surface area contributed by atoms with Crippen LogP contribution in [0.25, 0.3) is 0 Å². The quantitative estimate of drug-likeness (QED) is 0.469. The molecule has 0 bridgehead atoms. The van der Waals surface area contributed by atoms with Gasteiger partial charge in [0.1, 0.15) is 5.82 Å².